The molecule has 20 heavy (non-hydrogen) atoms. The molecule has 2 rings (SSSR count). The third-order valence-corrected chi connectivity index (χ3v) is 4.27. The summed E-state index contributed by atoms with van der Waals surface area (Å²) < 4.78 is 32.2. The molecule has 2 aromatic rings. The molecule has 108 valence electrons. The summed E-state index contributed by atoms with van der Waals surface area (Å²) in [4.78, 5) is 4.09. The van der Waals surface area contributed by atoms with Crippen molar-refractivity contribution in [2.24, 2.45) is 0 Å². The third-order valence-electron chi connectivity index (χ3n) is 2.73. The van der Waals surface area contributed by atoms with Gasteiger partial charge in [-0.3, -0.25) is 0 Å². The minimum Gasteiger partial charge on any atom is -0.444 e. The molecule has 0 aliphatic rings. The van der Waals surface area contributed by atoms with Crippen molar-refractivity contribution >= 4 is 10.0 Å². The van der Waals surface area contributed by atoms with Crippen LogP contribution in [0.1, 0.15) is 30.2 Å². The fraction of sp³-hybridized carbons (Fsp3) is 0.308. The zero-order valence-electron chi connectivity index (χ0n) is 11.2. The molecule has 0 spiro atoms. The zero-order chi connectivity index (χ0) is 14.8. The third kappa shape index (κ3) is 3.24. The van der Waals surface area contributed by atoms with E-state index in [9.17, 15) is 8.42 Å². The van der Waals surface area contributed by atoms with Crippen molar-refractivity contribution in [3.05, 3.63) is 47.7 Å². The molecule has 0 radical (unpaired) electrons. The molecule has 1 aromatic carbocycles. The number of nitrogens with one attached hydrogen (secondary N) is 1. The summed E-state index contributed by atoms with van der Waals surface area (Å²) in [6, 6.07) is 5.55. The Kier molecular flexibility index (Phi) is 4.22. The molecule has 1 unspecified atom stereocenters. The van der Waals surface area contributed by atoms with Crippen molar-refractivity contribution < 1.29 is 17.9 Å². The molecule has 6 nitrogen and oxygen atoms in total. The van der Waals surface area contributed by atoms with Gasteiger partial charge in [0.2, 0.25) is 15.9 Å². The molecule has 0 amide bonds. The van der Waals surface area contributed by atoms with Gasteiger partial charge in [-0.15, -0.1) is 0 Å². The van der Waals surface area contributed by atoms with Crippen LogP contribution < -0.4 is 4.72 Å². The van der Waals surface area contributed by atoms with E-state index in [0.29, 0.717) is 17.2 Å². The van der Waals surface area contributed by atoms with E-state index in [1.54, 1.807) is 26.0 Å². The first-order chi connectivity index (χ1) is 9.42. The molecule has 0 saturated heterocycles. The molecular weight excluding hydrogens is 280 g/mol. The van der Waals surface area contributed by atoms with Crippen molar-refractivity contribution in [2.75, 3.05) is 0 Å². The van der Waals surface area contributed by atoms with Gasteiger partial charge in [-0.1, -0.05) is 12.1 Å². The van der Waals surface area contributed by atoms with Crippen LogP contribution in [0.25, 0.3) is 0 Å². The quantitative estimate of drug-likeness (QED) is 0.872. The number of rotatable bonds is 5. The second-order valence-corrected chi connectivity index (χ2v) is 6.17. The SMILES string of the molecule is Cc1cnc(C(C)NS(=O)(=O)c2cccc(CO)c2)o1. The summed E-state index contributed by atoms with van der Waals surface area (Å²) in [5.74, 6) is 0.928. The van der Waals surface area contributed by atoms with E-state index in [4.69, 9.17) is 9.52 Å². The fourth-order valence-corrected chi connectivity index (χ4v) is 3.00. The van der Waals surface area contributed by atoms with E-state index in [2.05, 4.69) is 9.71 Å². The lowest BCUT2D eigenvalue weighted by Crippen LogP contribution is -2.27. The first-order valence-electron chi connectivity index (χ1n) is 6.07. The van der Waals surface area contributed by atoms with Crippen molar-refractivity contribution in [3.8, 4) is 0 Å². The lowest BCUT2D eigenvalue weighted by molar-refractivity contribution is 0.281. The number of nitrogens with zero attached hydrogens (tertiary/aromatic N) is 1. The fourth-order valence-electron chi connectivity index (χ4n) is 1.73. The Morgan fingerprint density at radius 3 is 2.80 bits per heavy atom. The van der Waals surface area contributed by atoms with Gasteiger partial charge in [0, 0.05) is 0 Å². The number of hydrogen-bond acceptors (Lipinski definition) is 5. The summed E-state index contributed by atoms with van der Waals surface area (Å²) in [5.41, 5.74) is 0.535. The maximum absolute atomic E-state index is 12.2. The maximum atomic E-state index is 12.2. The highest BCUT2D eigenvalue weighted by molar-refractivity contribution is 7.89. The topological polar surface area (TPSA) is 92.4 Å². The van der Waals surface area contributed by atoms with E-state index >= 15 is 0 Å². The van der Waals surface area contributed by atoms with Crippen molar-refractivity contribution in [1.29, 1.82) is 0 Å². The average molecular weight is 296 g/mol. The summed E-state index contributed by atoms with van der Waals surface area (Å²) in [7, 11) is -3.69. The van der Waals surface area contributed by atoms with Crippen LogP contribution in [0, 0.1) is 6.92 Å². The Balaban J connectivity index is 2.22. The van der Waals surface area contributed by atoms with Gasteiger partial charge < -0.3 is 9.52 Å². The molecule has 0 fully saturated rings. The van der Waals surface area contributed by atoms with Crippen LogP contribution in [0.4, 0.5) is 0 Å². The Morgan fingerprint density at radius 1 is 1.45 bits per heavy atom. The standard InChI is InChI=1S/C13H16N2O4S/c1-9-7-14-13(19-9)10(2)15-20(17,18)12-5-3-4-11(6-12)8-16/h3-7,10,15-16H,8H2,1-2H3. The number of aliphatic hydroxyl groups is 1. The first-order valence-corrected chi connectivity index (χ1v) is 7.55. The van der Waals surface area contributed by atoms with Crippen LogP contribution in [-0.2, 0) is 16.6 Å². The smallest absolute Gasteiger partial charge is 0.241 e. The van der Waals surface area contributed by atoms with Crippen molar-refractivity contribution in [2.45, 2.75) is 31.4 Å². The van der Waals surface area contributed by atoms with Gasteiger partial charge in [0.15, 0.2) is 0 Å². The van der Waals surface area contributed by atoms with Gasteiger partial charge in [-0.2, -0.15) is 4.72 Å². The molecule has 1 heterocycles. The number of aromatic nitrogens is 1. The predicted molar refractivity (Wildman–Crippen MR) is 72.3 cm³/mol. The molecule has 0 aliphatic carbocycles. The van der Waals surface area contributed by atoms with Crippen molar-refractivity contribution in [3.63, 3.8) is 0 Å². The van der Waals surface area contributed by atoms with E-state index in [1.807, 2.05) is 0 Å². The van der Waals surface area contributed by atoms with Gasteiger partial charge in [0.1, 0.15) is 5.76 Å². The molecule has 0 aliphatic heterocycles. The maximum Gasteiger partial charge on any atom is 0.241 e. The largest absolute Gasteiger partial charge is 0.444 e. The minimum atomic E-state index is -3.69. The van der Waals surface area contributed by atoms with Crippen LogP contribution in [0.5, 0.6) is 0 Å². The number of sulfonamides is 1. The van der Waals surface area contributed by atoms with Gasteiger partial charge in [0.25, 0.3) is 0 Å². The van der Waals surface area contributed by atoms with Gasteiger partial charge in [0.05, 0.1) is 23.7 Å². The first kappa shape index (κ1) is 14.7. The number of aliphatic hydroxyl groups excluding tert-OH is 1. The minimum absolute atomic E-state index is 0.0965. The van der Waals surface area contributed by atoms with Gasteiger partial charge in [-0.25, -0.2) is 13.4 Å². The normalized spacial score (nSPS) is 13.3. The highest BCUT2D eigenvalue weighted by atomic mass is 32.2. The number of oxazole rings is 1. The second kappa shape index (κ2) is 5.74. The predicted octanol–water partition coefficient (Wildman–Crippen LogP) is 1.51. The van der Waals surface area contributed by atoms with Crippen LogP contribution >= 0.6 is 0 Å². The number of benzene rings is 1. The zero-order valence-corrected chi connectivity index (χ0v) is 12.0. The number of aryl methyl sites for hydroxylation is 1. The Labute approximate surface area is 117 Å². The summed E-state index contributed by atoms with van der Waals surface area (Å²) in [6.45, 7) is 3.18. The lowest BCUT2D eigenvalue weighted by atomic mass is 10.2. The highest BCUT2D eigenvalue weighted by Gasteiger charge is 2.21. The lowest BCUT2D eigenvalue weighted by Gasteiger charge is -2.11. The van der Waals surface area contributed by atoms with Crippen molar-refractivity contribution in [1.82, 2.24) is 9.71 Å². The van der Waals surface area contributed by atoms with Crippen LogP contribution in [0.2, 0.25) is 0 Å². The monoisotopic (exact) mass is 296 g/mol. The van der Waals surface area contributed by atoms with Crippen LogP contribution in [0.3, 0.4) is 0 Å². The average Bonchev–Trinajstić information content (AvgIpc) is 2.85. The highest BCUT2D eigenvalue weighted by Crippen LogP contribution is 2.17. The Hall–Kier alpha value is -1.70. The molecule has 2 N–H and O–H groups in total. The summed E-state index contributed by atoms with van der Waals surface area (Å²) in [5, 5.41) is 9.05. The summed E-state index contributed by atoms with van der Waals surface area (Å²) in [6.07, 6.45) is 1.53. The number of hydrogen-bond donors (Lipinski definition) is 2. The van der Waals surface area contributed by atoms with Crippen LogP contribution in [-0.4, -0.2) is 18.5 Å². The summed E-state index contributed by atoms with van der Waals surface area (Å²) >= 11 is 0. The Bertz CT molecular complexity index is 694. The van der Waals surface area contributed by atoms with E-state index in [-0.39, 0.29) is 11.5 Å². The van der Waals surface area contributed by atoms with E-state index < -0.39 is 16.1 Å². The Morgan fingerprint density at radius 2 is 2.20 bits per heavy atom. The second-order valence-electron chi connectivity index (χ2n) is 4.46. The molecule has 7 heteroatoms. The molecular formula is C13H16N2O4S. The van der Waals surface area contributed by atoms with Crippen LogP contribution in [0.15, 0.2) is 39.8 Å². The molecule has 1 aromatic heterocycles. The van der Waals surface area contributed by atoms with E-state index in [1.165, 1.54) is 18.3 Å². The molecule has 0 saturated carbocycles. The molecule has 0 bridgehead atoms. The van der Waals surface area contributed by atoms with E-state index in [0.717, 1.165) is 0 Å². The van der Waals surface area contributed by atoms with Gasteiger partial charge in [-0.05, 0) is 31.5 Å². The molecule has 1 atom stereocenters. The van der Waals surface area contributed by atoms with Gasteiger partial charge >= 0.3 is 0 Å².